The average molecular weight is 243 g/mol. The van der Waals surface area contributed by atoms with Gasteiger partial charge in [0.15, 0.2) is 0 Å². The lowest BCUT2D eigenvalue weighted by Gasteiger charge is -2.15. The molecule has 1 heterocycles. The Morgan fingerprint density at radius 3 is 3.06 bits per heavy atom. The van der Waals surface area contributed by atoms with Crippen LogP contribution in [0.2, 0.25) is 0 Å². The predicted octanol–water partition coefficient (Wildman–Crippen LogP) is 2.70. The summed E-state index contributed by atoms with van der Waals surface area (Å²) in [4.78, 5) is 0. The molecular formula is C12H21NO2S. The Morgan fingerprint density at radius 2 is 2.44 bits per heavy atom. The number of rotatable bonds is 9. The number of methoxy groups -OCH3 is 1. The van der Waals surface area contributed by atoms with Gasteiger partial charge in [-0.25, -0.2) is 0 Å². The lowest BCUT2D eigenvalue weighted by molar-refractivity contribution is 0.157. The van der Waals surface area contributed by atoms with Crippen molar-refractivity contribution in [3.8, 4) is 0 Å². The summed E-state index contributed by atoms with van der Waals surface area (Å²) in [5.74, 6) is 3.35. The summed E-state index contributed by atoms with van der Waals surface area (Å²) in [5.41, 5.74) is 0. The zero-order chi connectivity index (χ0) is 11.6. The number of furan rings is 1. The molecule has 1 unspecified atom stereocenters. The number of thioether (sulfide) groups is 1. The lowest BCUT2D eigenvalue weighted by atomic mass is 10.2. The van der Waals surface area contributed by atoms with E-state index in [1.807, 2.05) is 23.9 Å². The average Bonchev–Trinajstić information content (AvgIpc) is 2.81. The van der Waals surface area contributed by atoms with Crippen LogP contribution in [0.4, 0.5) is 0 Å². The highest BCUT2D eigenvalue weighted by Gasteiger charge is 2.12. The first-order valence-electron chi connectivity index (χ1n) is 5.72. The second-order valence-electron chi connectivity index (χ2n) is 3.53. The van der Waals surface area contributed by atoms with Gasteiger partial charge in [0.2, 0.25) is 0 Å². The topological polar surface area (TPSA) is 34.4 Å². The Labute approximate surface area is 102 Å². The summed E-state index contributed by atoms with van der Waals surface area (Å²) in [6, 6.07) is 4.07. The van der Waals surface area contributed by atoms with Gasteiger partial charge < -0.3 is 14.5 Å². The fourth-order valence-electron chi connectivity index (χ4n) is 1.49. The molecule has 92 valence electrons. The molecule has 16 heavy (non-hydrogen) atoms. The second-order valence-corrected chi connectivity index (χ2v) is 4.92. The molecule has 0 saturated heterocycles. The highest BCUT2D eigenvalue weighted by atomic mass is 32.2. The zero-order valence-corrected chi connectivity index (χ0v) is 10.9. The van der Waals surface area contributed by atoms with Crippen LogP contribution in [0.1, 0.15) is 25.1 Å². The van der Waals surface area contributed by atoms with Gasteiger partial charge in [-0.3, -0.25) is 0 Å². The third-order valence-corrected chi connectivity index (χ3v) is 3.27. The fourth-order valence-corrected chi connectivity index (χ4v) is 2.13. The molecule has 1 N–H and O–H groups in total. The maximum absolute atomic E-state index is 5.38. The monoisotopic (exact) mass is 243 g/mol. The van der Waals surface area contributed by atoms with Crippen LogP contribution >= 0.6 is 11.8 Å². The molecule has 1 rings (SSSR count). The van der Waals surface area contributed by atoms with Crippen LogP contribution in [0.15, 0.2) is 22.8 Å². The first-order chi connectivity index (χ1) is 7.88. The van der Waals surface area contributed by atoms with Gasteiger partial charge in [0.25, 0.3) is 0 Å². The minimum atomic E-state index is 0.173. The molecule has 0 fully saturated rings. The summed E-state index contributed by atoms with van der Waals surface area (Å²) >= 11 is 1.98. The van der Waals surface area contributed by atoms with E-state index in [4.69, 9.17) is 9.15 Å². The first kappa shape index (κ1) is 13.6. The SMILES string of the molecule is CCSCCCNC(COC)c1ccco1. The Kier molecular flexibility index (Phi) is 7.38. The lowest BCUT2D eigenvalue weighted by Crippen LogP contribution is -2.26. The smallest absolute Gasteiger partial charge is 0.123 e. The van der Waals surface area contributed by atoms with Crippen LogP contribution < -0.4 is 5.32 Å². The van der Waals surface area contributed by atoms with Crippen LogP contribution in [0.3, 0.4) is 0 Å². The standard InChI is InChI=1S/C12H21NO2S/c1-3-16-9-5-7-13-11(10-14-2)12-6-4-8-15-12/h4,6,8,11,13H,3,5,7,9-10H2,1-2H3. The first-order valence-corrected chi connectivity index (χ1v) is 6.87. The molecule has 3 nitrogen and oxygen atoms in total. The highest BCUT2D eigenvalue weighted by molar-refractivity contribution is 7.99. The summed E-state index contributed by atoms with van der Waals surface area (Å²) < 4.78 is 10.6. The molecule has 0 aliphatic heterocycles. The van der Waals surface area contributed by atoms with E-state index < -0.39 is 0 Å². The van der Waals surface area contributed by atoms with Crippen LogP contribution in [-0.2, 0) is 4.74 Å². The molecule has 0 aliphatic rings. The van der Waals surface area contributed by atoms with Gasteiger partial charge in [0, 0.05) is 7.11 Å². The van der Waals surface area contributed by atoms with Crippen LogP contribution in [0.25, 0.3) is 0 Å². The summed E-state index contributed by atoms with van der Waals surface area (Å²) in [6.07, 6.45) is 2.88. The van der Waals surface area contributed by atoms with Gasteiger partial charge in [-0.2, -0.15) is 11.8 Å². The van der Waals surface area contributed by atoms with E-state index in [0.29, 0.717) is 6.61 Å². The molecule has 1 aromatic rings. The Bertz CT molecular complexity index is 252. The zero-order valence-electron chi connectivity index (χ0n) is 10.1. The number of ether oxygens (including phenoxy) is 1. The summed E-state index contributed by atoms with van der Waals surface area (Å²) in [6.45, 7) is 3.84. The predicted molar refractivity (Wildman–Crippen MR) is 68.9 cm³/mol. The van der Waals surface area contributed by atoms with Gasteiger partial charge in [0.05, 0.1) is 18.9 Å². The minimum absolute atomic E-state index is 0.173. The Hall–Kier alpha value is -0.450. The van der Waals surface area contributed by atoms with Crippen molar-refractivity contribution < 1.29 is 9.15 Å². The van der Waals surface area contributed by atoms with Gasteiger partial charge in [-0.1, -0.05) is 6.92 Å². The molecule has 1 aromatic heterocycles. The third-order valence-electron chi connectivity index (χ3n) is 2.28. The summed E-state index contributed by atoms with van der Waals surface area (Å²) in [7, 11) is 1.71. The quantitative estimate of drug-likeness (QED) is 0.676. The largest absolute Gasteiger partial charge is 0.468 e. The highest BCUT2D eigenvalue weighted by Crippen LogP contribution is 2.13. The van der Waals surface area contributed by atoms with Crippen molar-refractivity contribution in [2.24, 2.45) is 0 Å². The Morgan fingerprint density at radius 1 is 1.56 bits per heavy atom. The maximum Gasteiger partial charge on any atom is 0.123 e. The fraction of sp³-hybridized carbons (Fsp3) is 0.667. The molecule has 0 aromatic carbocycles. The number of nitrogens with one attached hydrogen (secondary N) is 1. The van der Waals surface area contributed by atoms with Crippen molar-refractivity contribution in [1.29, 1.82) is 0 Å². The molecular weight excluding hydrogens is 222 g/mol. The normalized spacial score (nSPS) is 12.9. The Balaban J connectivity index is 2.24. The number of hydrogen-bond donors (Lipinski definition) is 1. The van der Waals surface area contributed by atoms with Crippen molar-refractivity contribution in [2.45, 2.75) is 19.4 Å². The van der Waals surface area contributed by atoms with Crippen molar-refractivity contribution >= 4 is 11.8 Å². The minimum Gasteiger partial charge on any atom is -0.468 e. The van der Waals surface area contributed by atoms with Crippen molar-refractivity contribution in [2.75, 3.05) is 31.8 Å². The molecule has 0 radical (unpaired) electrons. The molecule has 0 amide bonds. The summed E-state index contributed by atoms with van der Waals surface area (Å²) in [5, 5.41) is 3.45. The second kappa shape index (κ2) is 8.67. The van der Waals surface area contributed by atoms with Gasteiger partial charge >= 0.3 is 0 Å². The molecule has 0 aliphatic carbocycles. The molecule has 0 bridgehead atoms. The number of hydrogen-bond acceptors (Lipinski definition) is 4. The van der Waals surface area contributed by atoms with Crippen molar-refractivity contribution in [3.63, 3.8) is 0 Å². The van der Waals surface area contributed by atoms with E-state index in [-0.39, 0.29) is 6.04 Å². The third kappa shape index (κ3) is 5.05. The maximum atomic E-state index is 5.38. The van der Waals surface area contributed by atoms with E-state index in [9.17, 15) is 0 Å². The molecule has 4 heteroatoms. The van der Waals surface area contributed by atoms with E-state index >= 15 is 0 Å². The van der Waals surface area contributed by atoms with Gasteiger partial charge in [-0.05, 0) is 36.6 Å². The van der Waals surface area contributed by atoms with Crippen molar-refractivity contribution in [1.82, 2.24) is 5.32 Å². The van der Waals surface area contributed by atoms with Crippen molar-refractivity contribution in [3.05, 3.63) is 24.2 Å². The van der Waals surface area contributed by atoms with E-state index in [0.717, 1.165) is 12.3 Å². The molecule has 1 atom stereocenters. The van der Waals surface area contributed by atoms with E-state index in [2.05, 4.69) is 12.2 Å². The van der Waals surface area contributed by atoms with E-state index in [1.165, 1.54) is 17.9 Å². The molecule has 0 spiro atoms. The van der Waals surface area contributed by atoms with Crippen LogP contribution in [-0.4, -0.2) is 31.8 Å². The van der Waals surface area contributed by atoms with E-state index in [1.54, 1.807) is 13.4 Å². The van der Waals surface area contributed by atoms with Crippen LogP contribution in [0.5, 0.6) is 0 Å². The van der Waals surface area contributed by atoms with Gasteiger partial charge in [-0.15, -0.1) is 0 Å². The van der Waals surface area contributed by atoms with Gasteiger partial charge in [0.1, 0.15) is 5.76 Å². The molecule has 0 saturated carbocycles. The van der Waals surface area contributed by atoms with Crippen LogP contribution in [0, 0.1) is 0 Å².